The van der Waals surface area contributed by atoms with E-state index in [1.807, 2.05) is 0 Å². The molecule has 1 saturated heterocycles. The van der Waals surface area contributed by atoms with Crippen molar-refractivity contribution in [1.29, 1.82) is 0 Å². The molecule has 0 atom stereocenters. The third-order valence-corrected chi connectivity index (χ3v) is 3.35. The van der Waals surface area contributed by atoms with Gasteiger partial charge < -0.3 is 4.90 Å². The zero-order valence-corrected chi connectivity index (χ0v) is 10.1. The van der Waals surface area contributed by atoms with Crippen LogP contribution in [0.5, 0.6) is 0 Å². The predicted molar refractivity (Wildman–Crippen MR) is 63.2 cm³/mol. The molecule has 0 saturated carbocycles. The van der Waals surface area contributed by atoms with E-state index < -0.39 is 0 Å². The van der Waals surface area contributed by atoms with Crippen LogP contribution in [0.25, 0.3) is 0 Å². The lowest BCUT2D eigenvalue weighted by Crippen LogP contribution is -2.24. The fourth-order valence-electron chi connectivity index (χ4n) is 1.61. The Morgan fingerprint density at radius 1 is 1.19 bits per heavy atom. The summed E-state index contributed by atoms with van der Waals surface area (Å²) in [4.78, 5) is 24.1. The first-order chi connectivity index (χ1) is 7.49. The minimum absolute atomic E-state index is 0.0386. The minimum atomic E-state index is -0.207. The highest BCUT2D eigenvalue weighted by Crippen LogP contribution is 2.31. The Bertz CT molecular complexity index is 462. The van der Waals surface area contributed by atoms with Crippen LogP contribution in [-0.2, 0) is 9.59 Å². The summed E-state index contributed by atoms with van der Waals surface area (Å²) in [6.45, 7) is 1.90. The van der Waals surface area contributed by atoms with Crippen LogP contribution in [0.15, 0.2) is 12.1 Å². The van der Waals surface area contributed by atoms with Crippen LogP contribution in [0.4, 0.5) is 5.69 Å². The number of hydrogen-bond acceptors (Lipinski definition) is 2. The Hall–Kier alpha value is -1.06. The predicted octanol–water partition coefficient (Wildman–Crippen LogP) is 2.61. The smallest absolute Gasteiger partial charge is 0.234 e. The third kappa shape index (κ3) is 1.93. The van der Waals surface area contributed by atoms with Gasteiger partial charge in [-0.3, -0.25) is 9.59 Å². The Balaban J connectivity index is 2.42. The number of hydrogen-bond donors (Lipinski definition) is 0. The van der Waals surface area contributed by atoms with Crippen molar-refractivity contribution in [2.45, 2.75) is 13.3 Å². The van der Waals surface area contributed by atoms with E-state index in [0.29, 0.717) is 15.7 Å². The van der Waals surface area contributed by atoms with Crippen molar-refractivity contribution in [3.8, 4) is 0 Å². The summed E-state index contributed by atoms with van der Waals surface area (Å²) in [5.74, 6) is -0.293. The molecule has 1 aromatic rings. The van der Waals surface area contributed by atoms with Crippen molar-refractivity contribution in [2.75, 3.05) is 11.4 Å². The van der Waals surface area contributed by atoms with Gasteiger partial charge in [0.05, 0.1) is 13.0 Å². The SMILES string of the molecule is Cc1c(Cl)cc(N2CC(=O)CC2=O)cc1Cl. The molecule has 5 heteroatoms. The van der Waals surface area contributed by atoms with Gasteiger partial charge in [0.1, 0.15) is 0 Å². The second kappa shape index (κ2) is 4.07. The van der Waals surface area contributed by atoms with Crippen LogP contribution in [0.2, 0.25) is 10.0 Å². The quantitative estimate of drug-likeness (QED) is 0.726. The fraction of sp³-hybridized carbons (Fsp3) is 0.273. The maximum Gasteiger partial charge on any atom is 0.234 e. The molecular formula is C11H9Cl2NO2. The molecule has 0 aromatic heterocycles. The molecule has 2 rings (SSSR count). The van der Waals surface area contributed by atoms with Crippen LogP contribution in [0.1, 0.15) is 12.0 Å². The van der Waals surface area contributed by atoms with E-state index in [1.165, 1.54) is 4.90 Å². The number of carbonyl (C=O) groups excluding carboxylic acids is 2. The normalized spacial score (nSPS) is 16.1. The van der Waals surface area contributed by atoms with Gasteiger partial charge in [0.15, 0.2) is 5.78 Å². The van der Waals surface area contributed by atoms with Gasteiger partial charge in [-0.05, 0) is 24.6 Å². The lowest BCUT2D eigenvalue weighted by molar-refractivity contribution is -0.121. The van der Waals surface area contributed by atoms with Crippen molar-refractivity contribution in [3.05, 3.63) is 27.7 Å². The van der Waals surface area contributed by atoms with Crippen LogP contribution in [0.3, 0.4) is 0 Å². The maximum atomic E-state index is 11.5. The van der Waals surface area contributed by atoms with Gasteiger partial charge >= 0.3 is 0 Å². The molecule has 0 aliphatic carbocycles. The molecule has 1 aliphatic heterocycles. The molecular weight excluding hydrogens is 249 g/mol. The number of halogens is 2. The van der Waals surface area contributed by atoms with Crippen LogP contribution < -0.4 is 4.90 Å². The first-order valence-electron chi connectivity index (χ1n) is 4.77. The number of rotatable bonds is 1. The van der Waals surface area contributed by atoms with Crippen molar-refractivity contribution >= 4 is 40.6 Å². The largest absolute Gasteiger partial charge is 0.304 e. The van der Waals surface area contributed by atoms with Gasteiger partial charge in [-0.25, -0.2) is 0 Å². The molecule has 0 bridgehead atoms. The summed E-state index contributed by atoms with van der Waals surface area (Å²) in [5, 5.41) is 0.990. The highest BCUT2D eigenvalue weighted by atomic mass is 35.5. The highest BCUT2D eigenvalue weighted by molar-refractivity contribution is 6.36. The summed E-state index contributed by atoms with van der Waals surface area (Å²) < 4.78 is 0. The minimum Gasteiger partial charge on any atom is -0.304 e. The van der Waals surface area contributed by atoms with E-state index in [4.69, 9.17) is 23.2 Å². The van der Waals surface area contributed by atoms with Crippen molar-refractivity contribution in [1.82, 2.24) is 0 Å². The van der Waals surface area contributed by atoms with Crippen molar-refractivity contribution in [2.24, 2.45) is 0 Å². The van der Waals surface area contributed by atoms with Crippen LogP contribution in [0, 0.1) is 6.92 Å². The first-order valence-corrected chi connectivity index (χ1v) is 5.52. The van der Waals surface area contributed by atoms with E-state index in [9.17, 15) is 9.59 Å². The molecule has 3 nitrogen and oxygen atoms in total. The van der Waals surface area contributed by atoms with Crippen LogP contribution >= 0.6 is 23.2 Å². The zero-order valence-electron chi connectivity index (χ0n) is 8.59. The lowest BCUT2D eigenvalue weighted by Gasteiger charge is -2.16. The molecule has 1 amide bonds. The van der Waals surface area contributed by atoms with Gasteiger partial charge in [0.2, 0.25) is 5.91 Å². The maximum absolute atomic E-state index is 11.5. The van der Waals surface area contributed by atoms with Crippen molar-refractivity contribution < 1.29 is 9.59 Å². The zero-order chi connectivity index (χ0) is 11.9. The summed E-state index contributed by atoms with van der Waals surface area (Å²) in [6.07, 6.45) is -0.0386. The molecule has 0 N–H and O–H groups in total. The monoisotopic (exact) mass is 257 g/mol. The second-order valence-corrected chi connectivity index (χ2v) is 4.54. The lowest BCUT2D eigenvalue weighted by atomic mass is 10.2. The fourth-order valence-corrected chi connectivity index (χ4v) is 2.08. The molecule has 1 heterocycles. The van der Waals surface area contributed by atoms with Gasteiger partial charge in [0.25, 0.3) is 0 Å². The highest BCUT2D eigenvalue weighted by Gasteiger charge is 2.29. The number of nitrogens with zero attached hydrogens (tertiary/aromatic N) is 1. The third-order valence-electron chi connectivity index (χ3n) is 2.56. The number of amides is 1. The van der Waals surface area contributed by atoms with Crippen LogP contribution in [-0.4, -0.2) is 18.2 Å². The summed E-state index contributed by atoms with van der Waals surface area (Å²) in [6, 6.07) is 3.30. The van der Waals surface area contributed by atoms with E-state index in [0.717, 1.165) is 5.56 Å². The summed E-state index contributed by atoms with van der Waals surface area (Å²) in [7, 11) is 0. The molecule has 0 unspecified atom stereocenters. The Morgan fingerprint density at radius 2 is 1.75 bits per heavy atom. The van der Waals surface area contributed by atoms with Gasteiger partial charge in [-0.1, -0.05) is 23.2 Å². The Morgan fingerprint density at radius 3 is 2.19 bits per heavy atom. The van der Waals surface area contributed by atoms with E-state index in [2.05, 4.69) is 0 Å². The number of ketones is 1. The number of benzene rings is 1. The standard InChI is InChI=1S/C11H9Cl2NO2/c1-6-9(12)2-7(3-10(6)13)14-5-8(15)4-11(14)16/h2-3H,4-5H2,1H3. The first kappa shape index (κ1) is 11.4. The Labute approximate surface area is 103 Å². The number of carbonyl (C=O) groups is 2. The van der Waals surface area contributed by atoms with E-state index >= 15 is 0 Å². The molecule has 1 aromatic carbocycles. The van der Waals surface area contributed by atoms with E-state index in [-0.39, 0.29) is 24.7 Å². The molecule has 84 valence electrons. The molecule has 0 spiro atoms. The number of anilines is 1. The van der Waals surface area contributed by atoms with Gasteiger partial charge in [-0.2, -0.15) is 0 Å². The summed E-state index contributed by atoms with van der Waals surface area (Å²) >= 11 is 11.9. The summed E-state index contributed by atoms with van der Waals surface area (Å²) in [5.41, 5.74) is 1.35. The average Bonchev–Trinajstić information content (AvgIpc) is 2.53. The molecule has 1 aliphatic rings. The number of Topliss-reactive ketones (excluding diaryl/α,β-unsaturated/α-hetero) is 1. The Kier molecular flexibility index (Phi) is 2.91. The second-order valence-electron chi connectivity index (χ2n) is 3.73. The van der Waals surface area contributed by atoms with E-state index in [1.54, 1.807) is 19.1 Å². The molecule has 1 fully saturated rings. The average molecular weight is 258 g/mol. The molecule has 16 heavy (non-hydrogen) atoms. The van der Waals surface area contributed by atoms with Gasteiger partial charge in [-0.15, -0.1) is 0 Å². The topological polar surface area (TPSA) is 37.4 Å². The van der Waals surface area contributed by atoms with Gasteiger partial charge in [0, 0.05) is 15.7 Å². The molecule has 0 radical (unpaired) electrons. The van der Waals surface area contributed by atoms with Crippen molar-refractivity contribution in [3.63, 3.8) is 0 Å².